The van der Waals surface area contributed by atoms with Crippen LogP contribution < -0.4 is 0 Å². The van der Waals surface area contributed by atoms with Gasteiger partial charge in [-0.1, -0.05) is 25.5 Å². The molecule has 1 N–H and O–H groups in total. The summed E-state index contributed by atoms with van der Waals surface area (Å²) in [4.78, 5) is 0. The number of rotatable bonds is 0. The molecule has 4 aliphatic carbocycles. The lowest BCUT2D eigenvalue weighted by Gasteiger charge is -2.63. The molecule has 4 unspecified atom stereocenters. The summed E-state index contributed by atoms with van der Waals surface area (Å²) in [6.07, 6.45) is 10.8. The summed E-state index contributed by atoms with van der Waals surface area (Å²) in [5.41, 5.74) is 2.33. The van der Waals surface area contributed by atoms with Crippen LogP contribution in [0, 0.1) is 34.5 Å². The Morgan fingerprint density at radius 1 is 0.926 bits per heavy atom. The second kappa shape index (κ2) is 5.83. The van der Waals surface area contributed by atoms with Crippen LogP contribution in [0.15, 0.2) is 11.6 Å². The fourth-order valence-corrected chi connectivity index (χ4v) is 8.48. The van der Waals surface area contributed by atoms with Crippen molar-refractivity contribution in [2.45, 2.75) is 104 Å². The summed E-state index contributed by atoms with van der Waals surface area (Å²) in [6.45, 7) is 11.5. The first-order chi connectivity index (χ1) is 12.7. The minimum Gasteiger partial charge on any atom is -0.393 e. The van der Waals surface area contributed by atoms with E-state index in [1.807, 2.05) is 0 Å². The molecule has 3 heteroatoms. The molecule has 0 radical (unpaired) electrons. The molecule has 0 aromatic heterocycles. The molecular weight excluding hydrogens is 336 g/mol. The van der Waals surface area contributed by atoms with Crippen molar-refractivity contribution in [3.05, 3.63) is 11.6 Å². The molecule has 152 valence electrons. The van der Waals surface area contributed by atoms with E-state index in [0.717, 1.165) is 25.2 Å². The van der Waals surface area contributed by atoms with E-state index in [4.69, 9.17) is 9.47 Å². The van der Waals surface area contributed by atoms with Crippen LogP contribution in [-0.4, -0.2) is 29.2 Å². The maximum Gasteiger partial charge on any atom is 0.163 e. The Bertz CT molecular complexity index is 654. The summed E-state index contributed by atoms with van der Waals surface area (Å²) in [5.74, 6) is 1.97. The quantitative estimate of drug-likeness (QED) is 0.601. The summed E-state index contributed by atoms with van der Waals surface area (Å²) < 4.78 is 13.2. The Morgan fingerprint density at radius 3 is 2.41 bits per heavy atom. The SMILES string of the molecule is C/C=C1\CCC2C3C(CC[C@]12C)[C@@]1(C)CC[C@@H](O)CC1[C@H]1OC(C)(C)O[C@H]31. The van der Waals surface area contributed by atoms with Gasteiger partial charge in [-0.2, -0.15) is 0 Å². The molecule has 0 spiro atoms. The predicted molar refractivity (Wildman–Crippen MR) is 106 cm³/mol. The molecule has 1 saturated heterocycles. The Kier molecular flexibility index (Phi) is 4.02. The zero-order chi connectivity index (χ0) is 19.2. The lowest BCUT2D eigenvalue weighted by molar-refractivity contribution is -0.182. The van der Waals surface area contributed by atoms with Crippen molar-refractivity contribution in [2.75, 3.05) is 0 Å². The van der Waals surface area contributed by atoms with Crippen molar-refractivity contribution in [3.63, 3.8) is 0 Å². The highest BCUT2D eigenvalue weighted by Gasteiger charge is 2.67. The molecule has 0 bridgehead atoms. The van der Waals surface area contributed by atoms with Crippen LogP contribution >= 0.6 is 0 Å². The van der Waals surface area contributed by atoms with Gasteiger partial charge in [0.05, 0.1) is 18.3 Å². The molecule has 0 aromatic carbocycles. The van der Waals surface area contributed by atoms with Crippen molar-refractivity contribution in [1.29, 1.82) is 0 Å². The minimum absolute atomic E-state index is 0.151. The zero-order valence-electron chi connectivity index (χ0n) is 17.8. The standard InChI is InChI=1S/C24H38O3/c1-6-14-7-8-16-19-17(10-12-23(14,16)4)24(5)11-9-15(25)13-18(24)20-21(19)27-22(2,3)26-20/h6,15-21,25H,7-13H2,1-5H3/b14-6+/t15-,16?,17?,18?,19?,20-,21-,23-,24-/m1/s1. The van der Waals surface area contributed by atoms with E-state index in [0.29, 0.717) is 23.2 Å². The van der Waals surface area contributed by atoms with E-state index in [1.165, 1.54) is 25.7 Å². The van der Waals surface area contributed by atoms with Gasteiger partial charge in [0, 0.05) is 0 Å². The zero-order valence-corrected chi connectivity index (χ0v) is 17.8. The molecule has 0 aromatic rings. The summed E-state index contributed by atoms with van der Waals surface area (Å²) in [5, 5.41) is 10.5. The van der Waals surface area contributed by atoms with E-state index in [-0.39, 0.29) is 23.7 Å². The highest BCUT2D eigenvalue weighted by molar-refractivity contribution is 5.25. The van der Waals surface area contributed by atoms with Crippen LogP contribution in [0.4, 0.5) is 0 Å². The summed E-state index contributed by atoms with van der Waals surface area (Å²) in [7, 11) is 0. The van der Waals surface area contributed by atoms with Crippen molar-refractivity contribution in [1.82, 2.24) is 0 Å². The Balaban J connectivity index is 1.59. The maximum absolute atomic E-state index is 10.5. The van der Waals surface area contributed by atoms with Gasteiger partial charge in [-0.05, 0) is 100 Å². The Labute approximate surface area is 164 Å². The normalized spacial score (nSPS) is 57.7. The smallest absolute Gasteiger partial charge is 0.163 e. The van der Waals surface area contributed by atoms with Gasteiger partial charge in [0.1, 0.15) is 0 Å². The topological polar surface area (TPSA) is 38.7 Å². The number of aliphatic hydroxyl groups excluding tert-OH is 1. The molecule has 5 rings (SSSR count). The third-order valence-corrected chi connectivity index (χ3v) is 9.70. The number of aliphatic hydroxyl groups is 1. The highest BCUT2D eigenvalue weighted by Crippen LogP contribution is 2.69. The summed E-state index contributed by atoms with van der Waals surface area (Å²) in [6, 6.07) is 0. The number of hydrogen-bond donors (Lipinski definition) is 1. The van der Waals surface area contributed by atoms with Crippen molar-refractivity contribution in [2.24, 2.45) is 34.5 Å². The first-order valence-corrected chi connectivity index (χ1v) is 11.4. The van der Waals surface area contributed by atoms with E-state index in [1.54, 1.807) is 5.57 Å². The molecule has 27 heavy (non-hydrogen) atoms. The Hall–Kier alpha value is -0.380. The second-order valence-electron chi connectivity index (χ2n) is 11.2. The van der Waals surface area contributed by atoms with Gasteiger partial charge in [0.2, 0.25) is 0 Å². The molecular formula is C24H38O3. The Morgan fingerprint density at radius 2 is 1.67 bits per heavy atom. The average molecular weight is 375 g/mol. The van der Waals surface area contributed by atoms with Crippen LogP contribution in [0.25, 0.3) is 0 Å². The molecule has 9 atom stereocenters. The largest absolute Gasteiger partial charge is 0.393 e. The van der Waals surface area contributed by atoms with Gasteiger partial charge in [0.25, 0.3) is 0 Å². The van der Waals surface area contributed by atoms with E-state index < -0.39 is 5.79 Å². The van der Waals surface area contributed by atoms with Gasteiger partial charge in [-0.3, -0.25) is 0 Å². The van der Waals surface area contributed by atoms with Crippen LogP contribution in [0.2, 0.25) is 0 Å². The maximum atomic E-state index is 10.5. The first-order valence-electron chi connectivity index (χ1n) is 11.4. The van der Waals surface area contributed by atoms with E-state index >= 15 is 0 Å². The van der Waals surface area contributed by atoms with Crippen molar-refractivity contribution >= 4 is 0 Å². The van der Waals surface area contributed by atoms with E-state index in [9.17, 15) is 5.11 Å². The molecule has 0 amide bonds. The van der Waals surface area contributed by atoms with Crippen LogP contribution in [0.3, 0.4) is 0 Å². The molecule has 4 saturated carbocycles. The lowest BCUT2D eigenvalue weighted by Crippen LogP contribution is -2.63. The van der Waals surface area contributed by atoms with Gasteiger partial charge >= 0.3 is 0 Å². The van der Waals surface area contributed by atoms with Crippen LogP contribution in [0.5, 0.6) is 0 Å². The monoisotopic (exact) mass is 374 g/mol. The van der Waals surface area contributed by atoms with Crippen LogP contribution in [-0.2, 0) is 9.47 Å². The number of fused-ring (bicyclic) bond motifs is 8. The van der Waals surface area contributed by atoms with Gasteiger partial charge < -0.3 is 14.6 Å². The van der Waals surface area contributed by atoms with Crippen LogP contribution in [0.1, 0.15) is 79.6 Å². The molecule has 5 fully saturated rings. The van der Waals surface area contributed by atoms with Gasteiger partial charge in [0.15, 0.2) is 5.79 Å². The molecule has 3 nitrogen and oxygen atoms in total. The first kappa shape index (κ1) is 18.6. The molecule has 1 aliphatic heterocycles. The number of hydrogen-bond acceptors (Lipinski definition) is 3. The number of allylic oxidation sites excluding steroid dienone is 2. The number of ether oxygens (including phenoxy) is 2. The van der Waals surface area contributed by atoms with Gasteiger partial charge in [-0.15, -0.1) is 0 Å². The predicted octanol–water partition coefficient (Wildman–Crippen LogP) is 5.08. The second-order valence-corrected chi connectivity index (χ2v) is 11.2. The fraction of sp³-hybridized carbons (Fsp3) is 0.917. The highest BCUT2D eigenvalue weighted by atomic mass is 16.8. The molecule has 1 heterocycles. The third kappa shape index (κ3) is 2.43. The van der Waals surface area contributed by atoms with Gasteiger partial charge in [-0.25, -0.2) is 0 Å². The molecule has 5 aliphatic rings. The average Bonchev–Trinajstić information content (AvgIpc) is 3.11. The lowest BCUT2D eigenvalue weighted by atomic mass is 9.43. The van der Waals surface area contributed by atoms with Crippen molar-refractivity contribution in [3.8, 4) is 0 Å². The minimum atomic E-state index is -0.497. The third-order valence-electron chi connectivity index (χ3n) is 9.70. The van der Waals surface area contributed by atoms with E-state index in [2.05, 4.69) is 40.7 Å². The fourth-order valence-electron chi connectivity index (χ4n) is 8.48. The summed E-state index contributed by atoms with van der Waals surface area (Å²) >= 11 is 0. The van der Waals surface area contributed by atoms with Crippen molar-refractivity contribution < 1.29 is 14.6 Å².